The third-order valence-electron chi connectivity index (χ3n) is 4.14. The number of hydrogen-bond acceptors (Lipinski definition) is 3. The number of halogens is 1. The molecule has 3 rings (SSSR count). The van der Waals surface area contributed by atoms with Gasteiger partial charge in [0.25, 0.3) is 11.8 Å². The Morgan fingerprint density at radius 2 is 1.06 bits per heavy atom. The Balaban J connectivity index is 0.00000176. The first kappa shape index (κ1) is 24.9. The van der Waals surface area contributed by atoms with Crippen LogP contribution in [0.5, 0.6) is 0 Å². The van der Waals surface area contributed by atoms with E-state index in [9.17, 15) is 9.59 Å². The Labute approximate surface area is 199 Å². The second-order valence-corrected chi connectivity index (χ2v) is 6.36. The zero-order valence-corrected chi connectivity index (χ0v) is 19.0. The zero-order valence-electron chi connectivity index (χ0n) is 17.3. The Kier molecular flexibility index (Phi) is 10.3. The van der Waals surface area contributed by atoms with Crippen LogP contribution in [0.1, 0.15) is 36.4 Å². The second-order valence-electron chi connectivity index (χ2n) is 6.36. The molecule has 0 aliphatic rings. The summed E-state index contributed by atoms with van der Waals surface area (Å²) in [5.74, 6) is -0.343. The van der Waals surface area contributed by atoms with Gasteiger partial charge >= 0.3 is 25.2 Å². The third-order valence-corrected chi connectivity index (χ3v) is 4.14. The molecule has 0 aliphatic carbocycles. The number of pyridine rings is 1. The molecule has 0 atom stereocenters. The summed E-state index contributed by atoms with van der Waals surface area (Å²) in [7, 11) is 4.20. The Hall–Kier alpha value is -3.32. The van der Waals surface area contributed by atoms with Crippen LogP contribution in [0.2, 0.25) is 0 Å². The van der Waals surface area contributed by atoms with Crippen molar-refractivity contribution in [1.82, 2.24) is 4.98 Å². The molecular weight excluding hydrogens is 477 g/mol. The molecule has 0 saturated heterocycles. The van der Waals surface area contributed by atoms with Gasteiger partial charge in [0, 0.05) is 11.4 Å². The van der Waals surface area contributed by atoms with Crippen molar-refractivity contribution in [2.24, 2.45) is 10.2 Å². The first-order valence-corrected chi connectivity index (χ1v) is 10.7. The predicted octanol–water partition coefficient (Wildman–Crippen LogP) is 5.07. The van der Waals surface area contributed by atoms with Gasteiger partial charge in [0.1, 0.15) is 0 Å². The van der Waals surface area contributed by atoms with Crippen LogP contribution >= 0.6 is 10.1 Å². The number of carbonyl (C=O) groups excluding carboxylic acids is 2. The van der Waals surface area contributed by atoms with Gasteiger partial charge in [0.2, 0.25) is 0 Å². The van der Waals surface area contributed by atoms with Crippen LogP contribution < -0.4 is 0 Å². The number of nitrogens with zero attached hydrogens (tertiary/aromatic N) is 5. The molecule has 0 aliphatic heterocycles. The van der Waals surface area contributed by atoms with Crippen molar-refractivity contribution in [3.8, 4) is 0 Å². The summed E-state index contributed by atoms with van der Waals surface area (Å²) in [6, 6.07) is 23.3. The van der Waals surface area contributed by atoms with Crippen molar-refractivity contribution >= 4 is 33.3 Å². The number of aromatic nitrogens is 1. The van der Waals surface area contributed by atoms with Gasteiger partial charge in [-0.2, -0.15) is 0 Å². The zero-order chi connectivity index (χ0) is 23.3. The molecule has 3 aromatic rings. The van der Waals surface area contributed by atoms with Crippen molar-refractivity contribution in [2.75, 3.05) is 0 Å². The van der Waals surface area contributed by atoms with E-state index in [1.165, 1.54) is 0 Å². The molecule has 0 spiro atoms. The van der Waals surface area contributed by atoms with Gasteiger partial charge in [-0.1, -0.05) is 42.5 Å². The van der Waals surface area contributed by atoms with Crippen LogP contribution in [0.4, 0.5) is 0 Å². The van der Waals surface area contributed by atoms with E-state index in [0.717, 1.165) is 0 Å². The molecule has 2 N–H and O–H groups in total. The molecule has 7 nitrogen and oxygen atoms in total. The summed E-state index contributed by atoms with van der Waals surface area (Å²) in [4.78, 5) is 24.6. The molecule has 9 heteroatoms. The van der Waals surface area contributed by atoms with E-state index in [0.29, 0.717) is 33.9 Å². The van der Waals surface area contributed by atoms with Crippen LogP contribution in [0.15, 0.2) is 89.1 Å². The monoisotopic (exact) mass is 497 g/mol. The second kappa shape index (κ2) is 13.2. The van der Waals surface area contributed by atoms with E-state index in [2.05, 4.69) is 51.2 Å². The fourth-order valence-corrected chi connectivity index (χ4v) is 2.47. The van der Waals surface area contributed by atoms with E-state index in [-0.39, 0.29) is 11.8 Å². The molecule has 32 heavy (non-hydrogen) atoms. The van der Waals surface area contributed by atoms with Crippen LogP contribution in [0.25, 0.3) is 10.9 Å². The minimum atomic E-state index is -0.172. The summed E-state index contributed by atoms with van der Waals surface area (Å²) < 4.78 is 0. The molecule has 0 unspecified atom stereocenters. The quantitative estimate of drug-likeness (QED) is 0.201. The standard InChI is InChI=1S/C23H21N5O2.ClH.Cu/c1-16(25-27-22(29)18-10-5-3-6-11-18)20-14-9-15-21(24-20)17(2)26-28-23(30)19-12-7-4-8-13-19;;/h3-15H,1-2H3,(H2,24,27,28,29,30);1H;/q;;+2/p-1. The SMILES string of the molecule is CC(=N[N-]C(=[OH+])c1ccccc1)c1cccc(C(C)=N[N-]C(=[OH+])c2ccccc2)n1.[Cl][Cu+]. The molecule has 0 saturated carbocycles. The van der Waals surface area contributed by atoms with Crippen LogP contribution in [-0.2, 0) is 15.1 Å². The van der Waals surface area contributed by atoms with Crippen LogP contribution in [0, 0.1) is 0 Å². The van der Waals surface area contributed by atoms with Crippen molar-refractivity contribution in [1.29, 1.82) is 0 Å². The first-order valence-electron chi connectivity index (χ1n) is 9.37. The Bertz CT molecular complexity index is 1020. The molecule has 2 amide bonds. The maximum atomic E-state index is 10.0. The van der Waals surface area contributed by atoms with Gasteiger partial charge in [0.05, 0.1) is 22.5 Å². The third kappa shape index (κ3) is 7.42. The fraction of sp³-hybridized carbons (Fsp3) is 0.0870. The Morgan fingerprint density at radius 3 is 1.44 bits per heavy atom. The van der Waals surface area contributed by atoms with Gasteiger partial charge < -0.3 is 21.1 Å². The van der Waals surface area contributed by atoms with E-state index in [4.69, 9.17) is 0 Å². The van der Waals surface area contributed by atoms with Crippen LogP contribution in [-0.4, -0.2) is 37.8 Å². The molecule has 167 valence electrons. The van der Waals surface area contributed by atoms with Gasteiger partial charge in [-0.15, -0.1) is 0 Å². The van der Waals surface area contributed by atoms with Gasteiger partial charge in [0.15, 0.2) is 0 Å². The maximum absolute atomic E-state index is 10.0. The molecular formula is C23H21ClCuN5O2+. The normalized spacial score (nSPS) is 11.2. The number of rotatable bonds is 6. The van der Waals surface area contributed by atoms with Gasteiger partial charge in [-0.25, -0.2) is 4.98 Å². The van der Waals surface area contributed by atoms with E-state index in [1.54, 1.807) is 50.2 Å². The van der Waals surface area contributed by atoms with Crippen molar-refractivity contribution in [3.63, 3.8) is 0 Å². The topological polar surface area (TPSA) is 109 Å². The average Bonchev–Trinajstić information content (AvgIpc) is 2.87. The van der Waals surface area contributed by atoms with Gasteiger partial charge in [-0.3, -0.25) is 9.59 Å². The predicted molar refractivity (Wildman–Crippen MR) is 126 cm³/mol. The summed E-state index contributed by atoms with van der Waals surface area (Å²) in [5, 5.41) is 8.14. The minimum absolute atomic E-state index is 0.172. The Morgan fingerprint density at radius 1 is 0.688 bits per heavy atom. The van der Waals surface area contributed by atoms with E-state index >= 15 is 0 Å². The molecule has 0 bridgehead atoms. The van der Waals surface area contributed by atoms with E-state index < -0.39 is 0 Å². The van der Waals surface area contributed by atoms with Crippen molar-refractivity contribution in [3.05, 3.63) is 112 Å². The summed E-state index contributed by atoms with van der Waals surface area (Å²) in [6.07, 6.45) is 0. The van der Waals surface area contributed by atoms with Gasteiger partial charge in [-0.05, 0) is 50.2 Å². The molecule has 1 aromatic heterocycles. The molecule has 0 fully saturated rings. The van der Waals surface area contributed by atoms with Crippen molar-refractivity contribution < 1.29 is 24.7 Å². The number of hydrogen-bond donors (Lipinski definition) is 0. The van der Waals surface area contributed by atoms with Crippen molar-refractivity contribution in [2.45, 2.75) is 13.8 Å². The molecule has 2 aromatic carbocycles. The summed E-state index contributed by atoms with van der Waals surface area (Å²) in [5.41, 5.74) is 11.1. The summed E-state index contributed by atoms with van der Waals surface area (Å²) in [6.45, 7) is 3.50. The average molecular weight is 498 g/mol. The first-order chi connectivity index (χ1) is 15.5. The summed E-state index contributed by atoms with van der Waals surface area (Å²) >= 11 is 3.66. The number of benzene rings is 2. The van der Waals surface area contributed by atoms with E-state index in [1.807, 2.05) is 42.5 Å². The number of amides is 2. The fourth-order valence-electron chi connectivity index (χ4n) is 2.47. The molecule has 1 heterocycles. The van der Waals surface area contributed by atoms with Crippen LogP contribution in [0.3, 0.4) is 0 Å². The molecule has 0 radical (unpaired) electrons.